The van der Waals surface area contributed by atoms with E-state index in [0.29, 0.717) is 5.82 Å². The molecule has 0 aliphatic heterocycles. The molecule has 1 aliphatic rings. The minimum Gasteiger partial charge on any atom is -0.298 e. The van der Waals surface area contributed by atoms with Crippen molar-refractivity contribution in [3.05, 3.63) is 46.6 Å². The molecule has 0 unspecified atom stereocenters. The molecule has 0 radical (unpaired) electrons. The zero-order chi connectivity index (χ0) is 15.0. The predicted octanol–water partition coefficient (Wildman–Crippen LogP) is 3.17. The fourth-order valence-corrected chi connectivity index (χ4v) is 3.09. The zero-order valence-electron chi connectivity index (χ0n) is 12.2. The minimum absolute atomic E-state index is 0.164. The highest BCUT2D eigenvalue weighted by Gasteiger charge is 2.51. The average molecular weight is 348 g/mol. The van der Waals surface area contributed by atoms with Crippen LogP contribution in [0.1, 0.15) is 18.4 Å². The maximum absolute atomic E-state index is 12.8. The lowest BCUT2D eigenvalue weighted by Crippen LogP contribution is -2.35. The maximum atomic E-state index is 12.8. The number of nitrogens with zero attached hydrogens (tertiary/aromatic N) is 3. The van der Waals surface area contributed by atoms with Gasteiger partial charge in [-0.15, -0.1) is 0 Å². The van der Waals surface area contributed by atoms with E-state index in [0.717, 1.165) is 23.7 Å². The Hall–Kier alpha value is -1.62. The SMILES string of the molecule is CN(C(=O)C1(Cc2ccccc2Br)CC1)c1ccn(C)n1. The Balaban J connectivity index is 1.79. The number of benzene rings is 1. The van der Waals surface area contributed by atoms with Gasteiger partial charge in [0.2, 0.25) is 5.91 Å². The summed E-state index contributed by atoms with van der Waals surface area (Å²) in [4.78, 5) is 14.5. The first kappa shape index (κ1) is 14.3. The Morgan fingerprint density at radius 1 is 1.38 bits per heavy atom. The first-order valence-corrected chi connectivity index (χ1v) is 7.82. The molecule has 4 nitrogen and oxygen atoms in total. The van der Waals surface area contributed by atoms with E-state index in [4.69, 9.17) is 0 Å². The molecule has 1 saturated carbocycles. The monoisotopic (exact) mass is 347 g/mol. The molecule has 0 N–H and O–H groups in total. The Kier molecular flexibility index (Phi) is 3.61. The van der Waals surface area contributed by atoms with E-state index in [1.807, 2.05) is 44.6 Å². The molecule has 1 aromatic heterocycles. The zero-order valence-corrected chi connectivity index (χ0v) is 13.8. The van der Waals surface area contributed by atoms with Crippen molar-refractivity contribution in [2.45, 2.75) is 19.3 Å². The molecule has 1 aliphatic carbocycles. The summed E-state index contributed by atoms with van der Waals surface area (Å²) in [7, 11) is 3.67. The Bertz CT molecular complexity index is 676. The summed E-state index contributed by atoms with van der Waals surface area (Å²) in [6.07, 6.45) is 4.53. The molecule has 1 heterocycles. The molecule has 0 bridgehead atoms. The highest BCUT2D eigenvalue weighted by Crippen LogP contribution is 2.50. The normalized spacial score (nSPS) is 15.8. The summed E-state index contributed by atoms with van der Waals surface area (Å²) in [5.74, 6) is 0.873. The van der Waals surface area contributed by atoms with Crippen LogP contribution >= 0.6 is 15.9 Å². The van der Waals surface area contributed by atoms with E-state index in [-0.39, 0.29) is 11.3 Å². The van der Waals surface area contributed by atoms with Crippen LogP contribution in [0.25, 0.3) is 0 Å². The highest BCUT2D eigenvalue weighted by molar-refractivity contribution is 9.10. The van der Waals surface area contributed by atoms with Crippen LogP contribution in [0, 0.1) is 5.41 Å². The highest BCUT2D eigenvalue weighted by atomic mass is 79.9. The lowest BCUT2D eigenvalue weighted by molar-refractivity contribution is -0.123. The second-order valence-corrected chi connectivity index (χ2v) is 6.61. The lowest BCUT2D eigenvalue weighted by atomic mass is 9.95. The van der Waals surface area contributed by atoms with Gasteiger partial charge in [0.1, 0.15) is 0 Å². The van der Waals surface area contributed by atoms with Crippen LogP contribution in [0.15, 0.2) is 41.0 Å². The first-order chi connectivity index (χ1) is 10.0. The van der Waals surface area contributed by atoms with E-state index in [9.17, 15) is 4.79 Å². The lowest BCUT2D eigenvalue weighted by Gasteiger charge is -2.22. The van der Waals surface area contributed by atoms with Crippen LogP contribution in [0.4, 0.5) is 5.82 Å². The minimum atomic E-state index is -0.254. The van der Waals surface area contributed by atoms with Crippen molar-refractivity contribution in [3.63, 3.8) is 0 Å². The molecular weight excluding hydrogens is 330 g/mol. The van der Waals surface area contributed by atoms with Gasteiger partial charge in [-0.1, -0.05) is 34.1 Å². The number of amides is 1. The van der Waals surface area contributed by atoms with Crippen molar-refractivity contribution >= 4 is 27.7 Å². The number of hydrogen-bond acceptors (Lipinski definition) is 2. The number of carbonyl (C=O) groups is 1. The third kappa shape index (κ3) is 2.75. The van der Waals surface area contributed by atoms with Crippen molar-refractivity contribution in [2.75, 3.05) is 11.9 Å². The summed E-state index contributed by atoms with van der Waals surface area (Å²) in [5, 5.41) is 4.31. The van der Waals surface area contributed by atoms with Crippen LogP contribution in [0.2, 0.25) is 0 Å². The summed E-state index contributed by atoms with van der Waals surface area (Å²) in [5.41, 5.74) is 0.939. The third-order valence-electron chi connectivity index (χ3n) is 4.14. The molecule has 3 rings (SSSR count). The molecule has 1 fully saturated rings. The quantitative estimate of drug-likeness (QED) is 0.851. The average Bonchev–Trinajstić information content (AvgIpc) is 3.13. The van der Waals surface area contributed by atoms with Crippen molar-refractivity contribution in [2.24, 2.45) is 12.5 Å². The van der Waals surface area contributed by atoms with E-state index >= 15 is 0 Å². The van der Waals surface area contributed by atoms with Crippen molar-refractivity contribution in [3.8, 4) is 0 Å². The molecule has 5 heteroatoms. The molecule has 0 atom stereocenters. The van der Waals surface area contributed by atoms with Gasteiger partial charge >= 0.3 is 0 Å². The number of rotatable bonds is 4. The molecule has 1 aromatic carbocycles. The number of aromatic nitrogens is 2. The molecule has 0 spiro atoms. The van der Waals surface area contributed by atoms with E-state index in [1.165, 1.54) is 5.56 Å². The Morgan fingerprint density at radius 2 is 2.10 bits per heavy atom. The topological polar surface area (TPSA) is 38.1 Å². The first-order valence-electron chi connectivity index (χ1n) is 7.03. The molecule has 1 amide bonds. The van der Waals surface area contributed by atoms with Gasteiger partial charge in [0, 0.05) is 30.8 Å². The Morgan fingerprint density at radius 3 is 2.67 bits per heavy atom. The number of halogens is 1. The molecule has 0 saturated heterocycles. The molecule has 21 heavy (non-hydrogen) atoms. The fourth-order valence-electron chi connectivity index (χ4n) is 2.66. The number of anilines is 1. The number of carbonyl (C=O) groups excluding carboxylic acids is 1. The van der Waals surface area contributed by atoms with Crippen molar-refractivity contribution < 1.29 is 4.79 Å². The summed E-state index contributed by atoms with van der Waals surface area (Å²) in [6, 6.07) is 9.99. The van der Waals surface area contributed by atoms with E-state index in [2.05, 4.69) is 27.1 Å². The number of aryl methyl sites for hydroxylation is 1. The predicted molar refractivity (Wildman–Crippen MR) is 86.1 cm³/mol. The van der Waals surface area contributed by atoms with Crippen LogP contribution < -0.4 is 4.90 Å². The van der Waals surface area contributed by atoms with Gasteiger partial charge in [0.25, 0.3) is 0 Å². The molecular formula is C16H18BrN3O. The van der Waals surface area contributed by atoms with Gasteiger partial charge in [-0.25, -0.2) is 0 Å². The summed E-state index contributed by atoms with van der Waals surface area (Å²) < 4.78 is 2.79. The van der Waals surface area contributed by atoms with E-state index < -0.39 is 0 Å². The van der Waals surface area contributed by atoms with Gasteiger partial charge in [-0.3, -0.25) is 14.4 Å². The molecule has 2 aromatic rings. The van der Waals surface area contributed by atoms with Crippen molar-refractivity contribution in [1.29, 1.82) is 0 Å². The van der Waals surface area contributed by atoms with Gasteiger partial charge in [-0.2, -0.15) is 5.10 Å². The van der Waals surface area contributed by atoms with Crippen molar-refractivity contribution in [1.82, 2.24) is 9.78 Å². The Labute approximate surface area is 132 Å². The summed E-state index contributed by atoms with van der Waals surface area (Å²) >= 11 is 3.57. The van der Waals surface area contributed by atoms with Crippen LogP contribution in [0.3, 0.4) is 0 Å². The second-order valence-electron chi connectivity index (χ2n) is 5.76. The smallest absolute Gasteiger partial charge is 0.234 e. The summed E-state index contributed by atoms with van der Waals surface area (Å²) in [6.45, 7) is 0. The van der Waals surface area contributed by atoms with Crippen LogP contribution in [-0.2, 0) is 18.3 Å². The van der Waals surface area contributed by atoms with Gasteiger partial charge in [0.15, 0.2) is 5.82 Å². The maximum Gasteiger partial charge on any atom is 0.234 e. The van der Waals surface area contributed by atoms with Gasteiger partial charge in [-0.05, 0) is 30.9 Å². The second kappa shape index (κ2) is 5.30. The van der Waals surface area contributed by atoms with Crippen LogP contribution in [0.5, 0.6) is 0 Å². The fraction of sp³-hybridized carbons (Fsp3) is 0.375. The van der Waals surface area contributed by atoms with Gasteiger partial charge < -0.3 is 0 Å². The standard InChI is InChI=1S/C16H18BrN3O/c1-19-10-7-14(18-19)20(2)15(21)16(8-9-16)11-12-5-3-4-6-13(12)17/h3-7,10H,8-9,11H2,1-2H3. The number of hydrogen-bond donors (Lipinski definition) is 0. The van der Waals surface area contributed by atoms with E-state index in [1.54, 1.807) is 9.58 Å². The third-order valence-corrected chi connectivity index (χ3v) is 4.92. The van der Waals surface area contributed by atoms with Crippen LogP contribution in [-0.4, -0.2) is 22.7 Å². The largest absolute Gasteiger partial charge is 0.298 e. The van der Waals surface area contributed by atoms with Gasteiger partial charge in [0.05, 0.1) is 5.41 Å². The molecule has 110 valence electrons.